The number of thioether (sulfide) groups is 1. The average molecular weight is 229 g/mol. The number of hydrogen-bond acceptors (Lipinski definition) is 3. The van der Waals surface area contributed by atoms with Crippen LogP contribution in [0.1, 0.15) is 26.7 Å². The van der Waals surface area contributed by atoms with E-state index in [2.05, 4.69) is 0 Å². The van der Waals surface area contributed by atoms with E-state index in [1.54, 1.807) is 16.7 Å². The summed E-state index contributed by atoms with van der Waals surface area (Å²) < 4.78 is 0. The minimum Gasteiger partial charge on any atom is -0.481 e. The molecule has 0 aromatic rings. The summed E-state index contributed by atoms with van der Waals surface area (Å²) in [5.74, 6) is -0.267. The molecule has 0 unspecified atom stereocenters. The minimum absolute atomic E-state index is 0.0773. The monoisotopic (exact) mass is 229 g/mol. The second-order valence-electron chi connectivity index (χ2n) is 3.47. The first-order chi connectivity index (χ1) is 7.02. The van der Waals surface area contributed by atoms with Crippen LogP contribution in [-0.4, -0.2) is 34.2 Å². The van der Waals surface area contributed by atoms with E-state index in [0.29, 0.717) is 18.7 Å². The van der Waals surface area contributed by atoms with Crippen LogP contribution in [-0.2, 0) is 9.59 Å². The fraction of sp³-hybridized carbons (Fsp3) is 0.600. The second kappa shape index (κ2) is 5.21. The molecule has 0 atom stereocenters. The second-order valence-corrected chi connectivity index (χ2v) is 4.66. The summed E-state index contributed by atoms with van der Waals surface area (Å²) in [5.41, 5.74) is 0.960. The number of carbonyl (C=O) groups excluding carboxylic acids is 1. The molecule has 0 radical (unpaired) electrons. The maximum atomic E-state index is 11.5. The van der Waals surface area contributed by atoms with Crippen molar-refractivity contribution in [1.29, 1.82) is 0 Å². The zero-order valence-corrected chi connectivity index (χ0v) is 9.76. The van der Waals surface area contributed by atoms with Crippen molar-refractivity contribution in [3.05, 3.63) is 10.6 Å². The SMILES string of the molecule is CC1=C(C)N(CCCC(=O)O)C(=O)CS1. The Labute approximate surface area is 93.3 Å². The van der Waals surface area contributed by atoms with Gasteiger partial charge in [0.1, 0.15) is 0 Å². The molecule has 1 rings (SSSR count). The third kappa shape index (κ3) is 3.27. The van der Waals surface area contributed by atoms with Crippen LogP contribution in [0.3, 0.4) is 0 Å². The number of aliphatic carboxylic acids is 1. The lowest BCUT2D eigenvalue weighted by Gasteiger charge is -2.28. The first kappa shape index (κ1) is 12.1. The molecule has 1 heterocycles. The smallest absolute Gasteiger partial charge is 0.303 e. The molecule has 0 aliphatic carbocycles. The van der Waals surface area contributed by atoms with Gasteiger partial charge in [0.15, 0.2) is 0 Å². The third-order valence-corrected chi connectivity index (χ3v) is 3.52. The van der Waals surface area contributed by atoms with Gasteiger partial charge in [-0.25, -0.2) is 0 Å². The van der Waals surface area contributed by atoms with Crippen molar-refractivity contribution in [3.8, 4) is 0 Å². The van der Waals surface area contributed by atoms with Crippen molar-refractivity contribution >= 4 is 23.6 Å². The lowest BCUT2D eigenvalue weighted by atomic mass is 10.2. The van der Waals surface area contributed by atoms with Crippen LogP contribution in [0.5, 0.6) is 0 Å². The van der Waals surface area contributed by atoms with Gasteiger partial charge in [0, 0.05) is 23.6 Å². The van der Waals surface area contributed by atoms with Gasteiger partial charge in [-0.2, -0.15) is 0 Å². The molecule has 0 aromatic heterocycles. The molecule has 1 aliphatic heterocycles. The van der Waals surface area contributed by atoms with Crippen molar-refractivity contribution in [2.24, 2.45) is 0 Å². The molecule has 0 saturated heterocycles. The fourth-order valence-corrected chi connectivity index (χ4v) is 2.23. The lowest BCUT2D eigenvalue weighted by Crippen LogP contribution is -2.35. The Morgan fingerprint density at radius 2 is 2.20 bits per heavy atom. The summed E-state index contributed by atoms with van der Waals surface area (Å²) in [6, 6.07) is 0. The first-order valence-corrected chi connectivity index (χ1v) is 5.83. The van der Waals surface area contributed by atoms with Crippen molar-refractivity contribution in [2.45, 2.75) is 26.7 Å². The van der Waals surface area contributed by atoms with Crippen molar-refractivity contribution in [2.75, 3.05) is 12.3 Å². The number of carboxylic acid groups (broad SMARTS) is 1. The van der Waals surface area contributed by atoms with Gasteiger partial charge in [-0.05, 0) is 20.3 Å². The normalized spacial score (nSPS) is 17.2. The van der Waals surface area contributed by atoms with E-state index < -0.39 is 5.97 Å². The average Bonchev–Trinajstić information content (AvgIpc) is 2.17. The molecule has 0 bridgehead atoms. The Hall–Kier alpha value is -0.970. The van der Waals surface area contributed by atoms with Gasteiger partial charge in [-0.3, -0.25) is 9.59 Å². The van der Waals surface area contributed by atoms with E-state index in [0.717, 1.165) is 10.6 Å². The van der Waals surface area contributed by atoms with Crippen LogP contribution < -0.4 is 0 Å². The highest BCUT2D eigenvalue weighted by atomic mass is 32.2. The van der Waals surface area contributed by atoms with Gasteiger partial charge in [0.05, 0.1) is 5.75 Å². The molecular formula is C10H15NO3S. The van der Waals surface area contributed by atoms with Crippen LogP contribution in [0.2, 0.25) is 0 Å². The molecule has 0 spiro atoms. The molecule has 5 heteroatoms. The molecule has 1 N–H and O–H groups in total. The van der Waals surface area contributed by atoms with Crippen molar-refractivity contribution < 1.29 is 14.7 Å². The van der Waals surface area contributed by atoms with Crippen molar-refractivity contribution in [3.63, 3.8) is 0 Å². The van der Waals surface area contributed by atoms with E-state index in [-0.39, 0.29) is 12.3 Å². The molecule has 4 nitrogen and oxygen atoms in total. The Morgan fingerprint density at radius 3 is 2.80 bits per heavy atom. The highest BCUT2D eigenvalue weighted by molar-refractivity contribution is 8.03. The van der Waals surface area contributed by atoms with Gasteiger partial charge < -0.3 is 10.0 Å². The minimum atomic E-state index is -0.813. The van der Waals surface area contributed by atoms with E-state index in [1.165, 1.54) is 0 Å². The van der Waals surface area contributed by atoms with E-state index in [1.807, 2.05) is 13.8 Å². The summed E-state index contributed by atoms with van der Waals surface area (Å²) in [7, 11) is 0. The van der Waals surface area contributed by atoms with Gasteiger partial charge in [0.2, 0.25) is 5.91 Å². The highest BCUT2D eigenvalue weighted by Crippen LogP contribution is 2.27. The number of allylic oxidation sites excluding steroid dienone is 2. The maximum Gasteiger partial charge on any atom is 0.303 e. The molecule has 15 heavy (non-hydrogen) atoms. The molecule has 84 valence electrons. The standard InChI is InChI=1S/C10H15NO3S/c1-7-8(2)15-6-9(12)11(7)5-3-4-10(13)14/h3-6H2,1-2H3,(H,13,14). The number of carbonyl (C=O) groups is 2. The van der Waals surface area contributed by atoms with E-state index in [4.69, 9.17) is 5.11 Å². The molecule has 1 amide bonds. The highest BCUT2D eigenvalue weighted by Gasteiger charge is 2.22. The number of rotatable bonds is 4. The summed E-state index contributed by atoms with van der Waals surface area (Å²) in [6.45, 7) is 4.39. The van der Waals surface area contributed by atoms with Crippen LogP contribution in [0, 0.1) is 0 Å². The predicted molar refractivity (Wildman–Crippen MR) is 59.4 cm³/mol. The van der Waals surface area contributed by atoms with Crippen LogP contribution >= 0.6 is 11.8 Å². The summed E-state index contributed by atoms with van der Waals surface area (Å²) in [4.78, 5) is 24.7. The molecule has 1 aliphatic rings. The van der Waals surface area contributed by atoms with Gasteiger partial charge >= 0.3 is 5.97 Å². The zero-order valence-electron chi connectivity index (χ0n) is 8.95. The number of hydrogen-bond donors (Lipinski definition) is 1. The lowest BCUT2D eigenvalue weighted by molar-refractivity contribution is -0.137. The summed E-state index contributed by atoms with van der Waals surface area (Å²) in [6.07, 6.45) is 0.625. The van der Waals surface area contributed by atoms with Crippen LogP contribution in [0.25, 0.3) is 0 Å². The Bertz CT molecular complexity index is 312. The Kier molecular flexibility index (Phi) is 4.20. The molecular weight excluding hydrogens is 214 g/mol. The predicted octanol–water partition coefficient (Wildman–Crippen LogP) is 1.68. The van der Waals surface area contributed by atoms with Gasteiger partial charge in [0.25, 0.3) is 0 Å². The van der Waals surface area contributed by atoms with Crippen LogP contribution in [0.15, 0.2) is 10.6 Å². The maximum absolute atomic E-state index is 11.5. The van der Waals surface area contributed by atoms with E-state index >= 15 is 0 Å². The molecule has 0 fully saturated rings. The first-order valence-electron chi connectivity index (χ1n) is 4.85. The molecule has 0 aromatic carbocycles. The Balaban J connectivity index is 2.55. The topological polar surface area (TPSA) is 57.6 Å². The number of amides is 1. The summed E-state index contributed by atoms with van der Waals surface area (Å²) in [5, 5.41) is 8.51. The van der Waals surface area contributed by atoms with Gasteiger partial charge in [-0.1, -0.05) is 0 Å². The number of nitrogens with zero attached hydrogens (tertiary/aromatic N) is 1. The largest absolute Gasteiger partial charge is 0.481 e. The van der Waals surface area contributed by atoms with E-state index in [9.17, 15) is 9.59 Å². The third-order valence-electron chi connectivity index (χ3n) is 2.40. The number of carboxylic acids is 1. The Morgan fingerprint density at radius 1 is 1.53 bits per heavy atom. The molecule has 0 saturated carbocycles. The van der Waals surface area contributed by atoms with Crippen LogP contribution in [0.4, 0.5) is 0 Å². The van der Waals surface area contributed by atoms with Crippen molar-refractivity contribution in [1.82, 2.24) is 4.90 Å². The quantitative estimate of drug-likeness (QED) is 0.796. The summed E-state index contributed by atoms with van der Waals surface area (Å²) >= 11 is 1.55. The fourth-order valence-electron chi connectivity index (χ4n) is 1.41. The zero-order chi connectivity index (χ0) is 11.4. The van der Waals surface area contributed by atoms with Gasteiger partial charge in [-0.15, -0.1) is 11.8 Å².